The number of furan rings is 1. The van der Waals surface area contributed by atoms with Gasteiger partial charge >= 0.3 is 0 Å². The summed E-state index contributed by atoms with van der Waals surface area (Å²) in [5.41, 5.74) is 0. The molecule has 17 heavy (non-hydrogen) atoms. The van der Waals surface area contributed by atoms with Gasteiger partial charge in [0, 0.05) is 12.1 Å². The van der Waals surface area contributed by atoms with Crippen LogP contribution in [0.15, 0.2) is 16.5 Å². The van der Waals surface area contributed by atoms with Gasteiger partial charge in [0.05, 0.1) is 13.1 Å². The summed E-state index contributed by atoms with van der Waals surface area (Å²) in [5.74, 6) is 2.14. The second kappa shape index (κ2) is 5.69. The number of nitrogens with zero attached hydrogens (tertiary/aromatic N) is 1. The molecule has 0 amide bonds. The minimum Gasteiger partial charge on any atom is -0.463 e. The molecule has 0 spiro atoms. The van der Waals surface area contributed by atoms with Gasteiger partial charge in [0.2, 0.25) is 0 Å². The molecule has 0 aromatic carbocycles. The maximum atomic E-state index is 5.84. The van der Waals surface area contributed by atoms with E-state index < -0.39 is 0 Å². The number of hydrogen-bond acceptors (Lipinski definition) is 3. The first-order valence-electron chi connectivity index (χ1n) is 6.74. The first kappa shape index (κ1) is 12.7. The summed E-state index contributed by atoms with van der Waals surface area (Å²) < 4.78 is 5.84. The van der Waals surface area contributed by atoms with Crippen LogP contribution in [0.25, 0.3) is 0 Å². The predicted octanol–water partition coefficient (Wildman–Crippen LogP) is 2.76. The molecule has 0 saturated heterocycles. The lowest BCUT2D eigenvalue weighted by atomic mass is 10.3. The van der Waals surface area contributed by atoms with Crippen LogP contribution in [0, 0.1) is 0 Å². The zero-order valence-corrected chi connectivity index (χ0v) is 11.2. The van der Waals surface area contributed by atoms with Crippen molar-refractivity contribution in [3.05, 3.63) is 23.7 Å². The normalized spacial score (nSPS) is 16.1. The standard InChI is InChI=1S/C14H24N2O/c1-4-16(11(2)3)10-14-8-7-13(17-14)9-15-12-5-6-12/h7-8,11-12,15H,4-6,9-10H2,1-3H3. The monoisotopic (exact) mass is 236 g/mol. The third kappa shape index (κ3) is 3.86. The third-order valence-corrected chi connectivity index (χ3v) is 3.36. The highest BCUT2D eigenvalue weighted by molar-refractivity contribution is 5.07. The molecule has 1 fully saturated rings. The van der Waals surface area contributed by atoms with Crippen LogP contribution in [0.5, 0.6) is 0 Å². The summed E-state index contributed by atoms with van der Waals surface area (Å²) in [6.07, 6.45) is 2.65. The van der Waals surface area contributed by atoms with Crippen molar-refractivity contribution in [2.24, 2.45) is 0 Å². The highest BCUT2D eigenvalue weighted by Crippen LogP contribution is 2.20. The molecule has 2 rings (SSSR count). The van der Waals surface area contributed by atoms with Crippen molar-refractivity contribution in [2.75, 3.05) is 6.54 Å². The molecule has 1 aromatic heterocycles. The summed E-state index contributed by atoms with van der Waals surface area (Å²) in [6.45, 7) is 9.49. The summed E-state index contributed by atoms with van der Waals surface area (Å²) >= 11 is 0. The van der Waals surface area contributed by atoms with Gasteiger partial charge in [0.15, 0.2) is 0 Å². The van der Waals surface area contributed by atoms with Crippen LogP contribution in [-0.2, 0) is 13.1 Å². The Labute approximate surface area is 104 Å². The molecule has 1 aliphatic rings. The molecule has 1 heterocycles. The Morgan fingerprint density at radius 2 is 2.06 bits per heavy atom. The van der Waals surface area contributed by atoms with Crippen LogP contribution in [-0.4, -0.2) is 23.5 Å². The molecule has 0 unspecified atom stereocenters. The van der Waals surface area contributed by atoms with E-state index in [0.717, 1.165) is 37.2 Å². The van der Waals surface area contributed by atoms with E-state index in [-0.39, 0.29) is 0 Å². The van der Waals surface area contributed by atoms with Gasteiger partial charge in [-0.25, -0.2) is 0 Å². The third-order valence-electron chi connectivity index (χ3n) is 3.36. The van der Waals surface area contributed by atoms with Crippen molar-refractivity contribution in [1.29, 1.82) is 0 Å². The lowest BCUT2D eigenvalue weighted by Gasteiger charge is -2.23. The first-order chi connectivity index (χ1) is 8.19. The smallest absolute Gasteiger partial charge is 0.118 e. The van der Waals surface area contributed by atoms with Crippen molar-refractivity contribution in [1.82, 2.24) is 10.2 Å². The Balaban J connectivity index is 1.83. The zero-order valence-electron chi connectivity index (χ0n) is 11.2. The molecule has 0 radical (unpaired) electrons. The average molecular weight is 236 g/mol. The van der Waals surface area contributed by atoms with Crippen molar-refractivity contribution >= 4 is 0 Å². The van der Waals surface area contributed by atoms with Crippen LogP contribution in [0.2, 0.25) is 0 Å². The molecule has 3 heteroatoms. The molecule has 1 aromatic rings. The topological polar surface area (TPSA) is 28.4 Å². The van der Waals surface area contributed by atoms with Gasteiger partial charge in [0.1, 0.15) is 11.5 Å². The van der Waals surface area contributed by atoms with Crippen LogP contribution in [0.4, 0.5) is 0 Å². The van der Waals surface area contributed by atoms with Crippen LogP contribution < -0.4 is 5.32 Å². The van der Waals surface area contributed by atoms with Gasteiger partial charge in [-0.15, -0.1) is 0 Å². The quantitative estimate of drug-likeness (QED) is 0.789. The van der Waals surface area contributed by atoms with Crippen molar-refractivity contribution in [3.8, 4) is 0 Å². The molecule has 1 N–H and O–H groups in total. The molecular weight excluding hydrogens is 212 g/mol. The SMILES string of the molecule is CCN(Cc1ccc(CNC2CC2)o1)C(C)C. The van der Waals surface area contributed by atoms with Gasteiger partial charge in [0.25, 0.3) is 0 Å². The molecular formula is C14H24N2O. The molecule has 1 aliphatic carbocycles. The second-order valence-corrected chi connectivity index (χ2v) is 5.18. The maximum absolute atomic E-state index is 5.84. The zero-order chi connectivity index (χ0) is 12.3. The van der Waals surface area contributed by atoms with Crippen LogP contribution in [0.1, 0.15) is 45.1 Å². The number of rotatable bonds is 7. The molecule has 96 valence electrons. The predicted molar refractivity (Wildman–Crippen MR) is 69.8 cm³/mol. The minimum atomic E-state index is 0.568. The second-order valence-electron chi connectivity index (χ2n) is 5.18. The van der Waals surface area contributed by atoms with Gasteiger partial charge < -0.3 is 9.73 Å². The highest BCUT2D eigenvalue weighted by atomic mass is 16.3. The Hall–Kier alpha value is -0.800. The first-order valence-corrected chi connectivity index (χ1v) is 6.74. The van der Waals surface area contributed by atoms with E-state index in [1.54, 1.807) is 0 Å². The van der Waals surface area contributed by atoms with E-state index in [4.69, 9.17) is 4.42 Å². The van der Waals surface area contributed by atoms with Gasteiger partial charge in [-0.1, -0.05) is 6.92 Å². The Morgan fingerprint density at radius 1 is 1.35 bits per heavy atom. The highest BCUT2D eigenvalue weighted by Gasteiger charge is 2.20. The van der Waals surface area contributed by atoms with E-state index in [1.165, 1.54) is 12.8 Å². The number of nitrogens with one attached hydrogen (secondary N) is 1. The van der Waals surface area contributed by atoms with Crippen LogP contribution >= 0.6 is 0 Å². The summed E-state index contributed by atoms with van der Waals surface area (Å²) in [4.78, 5) is 2.40. The molecule has 0 aliphatic heterocycles. The van der Waals surface area contributed by atoms with Crippen molar-refractivity contribution in [3.63, 3.8) is 0 Å². The van der Waals surface area contributed by atoms with Gasteiger partial charge in [-0.3, -0.25) is 4.90 Å². The average Bonchev–Trinajstić information content (AvgIpc) is 3.03. The van der Waals surface area contributed by atoms with Gasteiger partial charge in [-0.2, -0.15) is 0 Å². The Morgan fingerprint density at radius 3 is 2.65 bits per heavy atom. The molecule has 3 nitrogen and oxygen atoms in total. The van der Waals surface area contributed by atoms with Crippen molar-refractivity contribution < 1.29 is 4.42 Å². The van der Waals surface area contributed by atoms with Crippen LogP contribution in [0.3, 0.4) is 0 Å². The number of hydrogen-bond donors (Lipinski definition) is 1. The summed E-state index contributed by atoms with van der Waals surface area (Å²) in [7, 11) is 0. The molecule has 0 atom stereocenters. The fourth-order valence-corrected chi connectivity index (χ4v) is 1.99. The molecule has 0 bridgehead atoms. The van der Waals surface area contributed by atoms with Crippen molar-refractivity contribution in [2.45, 2.75) is 58.8 Å². The lowest BCUT2D eigenvalue weighted by Crippen LogP contribution is -2.29. The maximum Gasteiger partial charge on any atom is 0.118 e. The van der Waals surface area contributed by atoms with E-state index in [9.17, 15) is 0 Å². The largest absolute Gasteiger partial charge is 0.463 e. The summed E-state index contributed by atoms with van der Waals surface area (Å²) in [5, 5.41) is 3.47. The summed E-state index contributed by atoms with van der Waals surface area (Å²) in [6, 6.07) is 5.51. The fraction of sp³-hybridized carbons (Fsp3) is 0.714. The van der Waals surface area contributed by atoms with Gasteiger partial charge in [-0.05, 0) is 45.4 Å². The molecule has 1 saturated carbocycles. The Bertz CT molecular complexity index is 342. The van der Waals surface area contributed by atoms with E-state index in [1.807, 2.05) is 0 Å². The van der Waals surface area contributed by atoms with E-state index in [2.05, 4.69) is 43.1 Å². The van der Waals surface area contributed by atoms with E-state index >= 15 is 0 Å². The lowest BCUT2D eigenvalue weighted by molar-refractivity contribution is 0.205. The fourth-order valence-electron chi connectivity index (χ4n) is 1.99. The van der Waals surface area contributed by atoms with E-state index in [0.29, 0.717) is 6.04 Å². The Kier molecular flexibility index (Phi) is 4.24. The minimum absolute atomic E-state index is 0.568.